The molecule has 5 nitrogen and oxygen atoms in total. The van der Waals surface area contributed by atoms with Crippen LogP contribution >= 0.6 is 12.4 Å². The van der Waals surface area contributed by atoms with Crippen LogP contribution in [-0.4, -0.2) is 41.9 Å². The Labute approximate surface area is 179 Å². The molecule has 3 N–H and O–H groups in total. The lowest BCUT2D eigenvalue weighted by atomic mass is 10.0. The average molecular weight is 416 g/mol. The minimum atomic E-state index is -0.548. The van der Waals surface area contributed by atoms with Gasteiger partial charge in [-0.1, -0.05) is 60.7 Å². The van der Waals surface area contributed by atoms with Gasteiger partial charge in [-0.15, -0.1) is 12.4 Å². The fourth-order valence-electron chi connectivity index (χ4n) is 3.60. The third kappa shape index (κ3) is 7.18. The summed E-state index contributed by atoms with van der Waals surface area (Å²) >= 11 is 0. The van der Waals surface area contributed by atoms with E-state index in [0.29, 0.717) is 25.9 Å². The molecule has 0 saturated carbocycles. The van der Waals surface area contributed by atoms with Crippen LogP contribution in [0.1, 0.15) is 30.4 Å². The van der Waals surface area contributed by atoms with Crippen molar-refractivity contribution in [2.75, 3.05) is 13.1 Å². The summed E-state index contributed by atoms with van der Waals surface area (Å²) in [6.45, 7) is 1.37. The van der Waals surface area contributed by atoms with Crippen molar-refractivity contribution in [3.8, 4) is 0 Å². The number of likely N-dealkylation sites (tertiary alicyclic amines) is 1. The van der Waals surface area contributed by atoms with Crippen LogP contribution in [0.15, 0.2) is 60.7 Å². The summed E-state index contributed by atoms with van der Waals surface area (Å²) in [5.74, 6) is 0.0760. The van der Waals surface area contributed by atoms with E-state index < -0.39 is 6.04 Å². The number of hydrogen-bond acceptors (Lipinski definition) is 3. The summed E-state index contributed by atoms with van der Waals surface area (Å²) in [7, 11) is 0. The van der Waals surface area contributed by atoms with Gasteiger partial charge in [-0.2, -0.15) is 0 Å². The van der Waals surface area contributed by atoms with Gasteiger partial charge in [-0.3, -0.25) is 9.59 Å². The Morgan fingerprint density at radius 3 is 2.10 bits per heavy atom. The zero-order chi connectivity index (χ0) is 19.8. The largest absolute Gasteiger partial charge is 0.352 e. The molecule has 2 amide bonds. The van der Waals surface area contributed by atoms with Gasteiger partial charge in [0.25, 0.3) is 0 Å². The second kappa shape index (κ2) is 11.6. The molecule has 1 aliphatic rings. The van der Waals surface area contributed by atoms with E-state index in [4.69, 9.17) is 5.73 Å². The van der Waals surface area contributed by atoms with Crippen molar-refractivity contribution in [2.24, 2.45) is 5.73 Å². The molecular weight excluding hydrogens is 386 g/mol. The van der Waals surface area contributed by atoms with Crippen LogP contribution in [0.4, 0.5) is 0 Å². The molecule has 1 saturated heterocycles. The number of nitrogens with two attached hydrogens (primary N) is 1. The first kappa shape index (κ1) is 22.9. The van der Waals surface area contributed by atoms with Crippen molar-refractivity contribution in [3.05, 3.63) is 71.8 Å². The summed E-state index contributed by atoms with van der Waals surface area (Å²) in [5.41, 5.74) is 8.30. The van der Waals surface area contributed by atoms with E-state index in [0.717, 1.165) is 24.8 Å². The quantitative estimate of drug-likeness (QED) is 0.730. The standard InChI is InChI=1S/C23H29N3O2.ClH/c24-21(17-19-9-5-2-6-10-19)23(28)25-20-13-15-26(16-14-20)22(27)12-11-18-7-3-1-4-8-18;/h1-10,20-21H,11-17,24H2,(H,25,28);1H. The number of piperidine rings is 1. The van der Waals surface area contributed by atoms with E-state index in [-0.39, 0.29) is 30.3 Å². The van der Waals surface area contributed by atoms with E-state index in [1.54, 1.807) is 0 Å². The Morgan fingerprint density at radius 1 is 0.966 bits per heavy atom. The molecule has 1 atom stereocenters. The van der Waals surface area contributed by atoms with Crippen molar-refractivity contribution in [3.63, 3.8) is 0 Å². The molecule has 29 heavy (non-hydrogen) atoms. The molecule has 156 valence electrons. The number of nitrogens with zero attached hydrogens (tertiary/aromatic N) is 1. The maximum absolute atomic E-state index is 12.4. The smallest absolute Gasteiger partial charge is 0.237 e. The fourth-order valence-corrected chi connectivity index (χ4v) is 3.60. The maximum atomic E-state index is 12.4. The molecule has 0 bridgehead atoms. The number of benzene rings is 2. The third-order valence-electron chi connectivity index (χ3n) is 5.30. The number of rotatable bonds is 7. The van der Waals surface area contributed by atoms with Gasteiger partial charge in [0.1, 0.15) is 0 Å². The third-order valence-corrected chi connectivity index (χ3v) is 5.30. The van der Waals surface area contributed by atoms with Gasteiger partial charge in [-0.25, -0.2) is 0 Å². The molecule has 2 aromatic carbocycles. The summed E-state index contributed by atoms with van der Waals surface area (Å²) < 4.78 is 0. The lowest BCUT2D eigenvalue weighted by molar-refractivity contribution is -0.132. The van der Waals surface area contributed by atoms with E-state index in [2.05, 4.69) is 5.32 Å². The predicted octanol–water partition coefficient (Wildman–Crippen LogP) is 2.72. The number of halogens is 1. The molecule has 3 rings (SSSR count). The highest BCUT2D eigenvalue weighted by Gasteiger charge is 2.25. The molecule has 0 spiro atoms. The monoisotopic (exact) mass is 415 g/mol. The van der Waals surface area contributed by atoms with Crippen LogP contribution in [0, 0.1) is 0 Å². The van der Waals surface area contributed by atoms with Gasteiger partial charge in [0.2, 0.25) is 11.8 Å². The SMILES string of the molecule is Cl.NC(Cc1ccccc1)C(=O)NC1CCN(C(=O)CCc2ccccc2)CC1. The Balaban J connectivity index is 0.00000300. The average Bonchev–Trinajstić information content (AvgIpc) is 2.74. The van der Waals surface area contributed by atoms with Crippen LogP contribution in [0.2, 0.25) is 0 Å². The molecule has 0 aromatic heterocycles. The first-order chi connectivity index (χ1) is 13.6. The fraction of sp³-hybridized carbons (Fsp3) is 0.391. The highest BCUT2D eigenvalue weighted by atomic mass is 35.5. The second-order valence-corrected chi connectivity index (χ2v) is 7.45. The normalized spacial score (nSPS) is 15.3. The lowest BCUT2D eigenvalue weighted by Gasteiger charge is -2.33. The van der Waals surface area contributed by atoms with E-state index in [1.807, 2.05) is 65.6 Å². The van der Waals surface area contributed by atoms with Crippen molar-refractivity contribution >= 4 is 24.2 Å². The number of carbonyl (C=O) groups is 2. The van der Waals surface area contributed by atoms with Crippen molar-refractivity contribution in [2.45, 2.75) is 44.2 Å². The van der Waals surface area contributed by atoms with E-state index >= 15 is 0 Å². The molecule has 0 aliphatic carbocycles. The molecule has 6 heteroatoms. The minimum Gasteiger partial charge on any atom is -0.352 e. The van der Waals surface area contributed by atoms with Crippen LogP contribution in [-0.2, 0) is 22.4 Å². The van der Waals surface area contributed by atoms with Crippen molar-refractivity contribution in [1.82, 2.24) is 10.2 Å². The number of nitrogens with one attached hydrogen (secondary N) is 1. The number of carbonyl (C=O) groups excluding carboxylic acids is 2. The lowest BCUT2D eigenvalue weighted by Crippen LogP contribution is -2.51. The molecule has 1 aliphatic heterocycles. The maximum Gasteiger partial charge on any atom is 0.237 e. The molecular formula is C23H30ClN3O2. The Morgan fingerprint density at radius 2 is 1.52 bits per heavy atom. The highest BCUT2D eigenvalue weighted by Crippen LogP contribution is 2.13. The Bertz CT molecular complexity index is 762. The summed E-state index contributed by atoms with van der Waals surface area (Å²) in [4.78, 5) is 26.7. The minimum absolute atomic E-state index is 0. The summed E-state index contributed by atoms with van der Waals surface area (Å²) in [6, 6.07) is 19.4. The van der Waals surface area contributed by atoms with E-state index in [9.17, 15) is 9.59 Å². The van der Waals surface area contributed by atoms with Gasteiger partial charge in [-0.05, 0) is 36.8 Å². The van der Waals surface area contributed by atoms with Crippen molar-refractivity contribution < 1.29 is 9.59 Å². The van der Waals surface area contributed by atoms with Gasteiger partial charge in [0, 0.05) is 25.6 Å². The van der Waals surface area contributed by atoms with Gasteiger partial charge in [0.15, 0.2) is 0 Å². The van der Waals surface area contributed by atoms with Crippen LogP contribution in [0.25, 0.3) is 0 Å². The van der Waals surface area contributed by atoms with Gasteiger partial charge >= 0.3 is 0 Å². The molecule has 0 radical (unpaired) electrons. The molecule has 2 aromatic rings. The Kier molecular flexibility index (Phi) is 9.16. The highest BCUT2D eigenvalue weighted by molar-refractivity contribution is 5.85. The topological polar surface area (TPSA) is 75.4 Å². The summed E-state index contributed by atoms with van der Waals surface area (Å²) in [6.07, 6.45) is 3.39. The summed E-state index contributed by atoms with van der Waals surface area (Å²) in [5, 5.41) is 3.05. The predicted molar refractivity (Wildman–Crippen MR) is 118 cm³/mol. The zero-order valence-electron chi connectivity index (χ0n) is 16.6. The first-order valence-corrected chi connectivity index (χ1v) is 10.0. The molecule has 1 unspecified atom stereocenters. The molecule has 1 fully saturated rings. The van der Waals surface area contributed by atoms with Crippen LogP contribution < -0.4 is 11.1 Å². The van der Waals surface area contributed by atoms with Gasteiger partial charge < -0.3 is 16.0 Å². The number of amides is 2. The van der Waals surface area contributed by atoms with Crippen molar-refractivity contribution in [1.29, 1.82) is 0 Å². The van der Waals surface area contributed by atoms with E-state index in [1.165, 1.54) is 5.56 Å². The second-order valence-electron chi connectivity index (χ2n) is 7.45. The molecule has 1 heterocycles. The van der Waals surface area contributed by atoms with Crippen LogP contribution in [0.3, 0.4) is 0 Å². The zero-order valence-corrected chi connectivity index (χ0v) is 17.4. The number of hydrogen-bond donors (Lipinski definition) is 2. The number of aryl methyl sites for hydroxylation is 1. The first-order valence-electron chi connectivity index (χ1n) is 10.0. The van der Waals surface area contributed by atoms with Crippen LogP contribution in [0.5, 0.6) is 0 Å². The Hall–Kier alpha value is -2.37. The van der Waals surface area contributed by atoms with Gasteiger partial charge in [0.05, 0.1) is 6.04 Å².